The molecule has 15 heteroatoms. The van der Waals surface area contributed by atoms with E-state index in [4.69, 9.17) is 27.9 Å². The number of hydrogen-bond acceptors (Lipinski definition) is 6. The van der Waals surface area contributed by atoms with E-state index in [0.717, 1.165) is 24.8 Å². The van der Waals surface area contributed by atoms with Crippen molar-refractivity contribution in [3.8, 4) is 11.5 Å². The van der Waals surface area contributed by atoms with E-state index in [-0.39, 0.29) is 40.9 Å². The number of benzene rings is 3. The van der Waals surface area contributed by atoms with Crippen LogP contribution in [-0.2, 0) is 25.8 Å². The second-order valence-electron chi connectivity index (χ2n) is 14.5. The standard InChI is InChI=1S/C39H31Cl2F5N2O6/c40-38-16-24-21(13-14-23-26(24)35(51)47(34(23)50)19-9-5-2-6-10-19)27(22-12-11-20(15-25(22)49)54-17-18-7-3-1-4-8-18)39(38,41)37(53)48(36(38)52)33-31(45)29(43)28(42)30(44)32(33)46/h1,3-4,7-8,11-13,15,19,23-24,26-27,49H,2,5-6,9-10,14,16-17H2/t23-,24+,26-,27+,38+,39-/m0/s1. The van der Waals surface area contributed by atoms with Crippen LogP contribution >= 0.6 is 23.2 Å². The van der Waals surface area contributed by atoms with Gasteiger partial charge in [0.1, 0.15) is 23.8 Å². The fourth-order valence-corrected chi connectivity index (χ4v) is 10.2. The summed E-state index contributed by atoms with van der Waals surface area (Å²) in [6, 6.07) is 12.8. The maximum Gasteiger partial charge on any atom is 0.258 e. The molecular formula is C39H31Cl2F5N2O6. The Morgan fingerprint density at radius 3 is 2.09 bits per heavy atom. The van der Waals surface area contributed by atoms with Gasteiger partial charge >= 0.3 is 0 Å². The van der Waals surface area contributed by atoms with E-state index in [9.17, 15) is 37.5 Å². The van der Waals surface area contributed by atoms with Crippen molar-refractivity contribution in [2.75, 3.05) is 4.90 Å². The number of nitrogens with zero attached hydrogens (tertiary/aromatic N) is 2. The summed E-state index contributed by atoms with van der Waals surface area (Å²) in [5.41, 5.74) is -0.902. The van der Waals surface area contributed by atoms with Crippen LogP contribution in [0.15, 0.2) is 60.2 Å². The quantitative estimate of drug-likeness (QED) is 0.0691. The predicted molar refractivity (Wildman–Crippen MR) is 184 cm³/mol. The zero-order valence-electron chi connectivity index (χ0n) is 28.3. The summed E-state index contributed by atoms with van der Waals surface area (Å²) < 4.78 is 79.7. The number of ether oxygens (including phenoxy) is 1. The van der Waals surface area contributed by atoms with E-state index >= 15 is 8.78 Å². The second-order valence-corrected chi connectivity index (χ2v) is 15.8. The number of carbonyl (C=O) groups is 4. The van der Waals surface area contributed by atoms with Crippen molar-refractivity contribution < 1.29 is 51.0 Å². The summed E-state index contributed by atoms with van der Waals surface area (Å²) in [5, 5.41) is 11.6. The molecule has 0 spiro atoms. The molecule has 5 aliphatic rings. The van der Waals surface area contributed by atoms with Gasteiger partial charge in [0.15, 0.2) is 33.0 Å². The lowest BCUT2D eigenvalue weighted by molar-refractivity contribution is -0.143. The SMILES string of the molecule is O=C1[C@H]2[C@H](CC=C3[C@H]2C[C@@]2(Cl)C(=O)N(c4c(F)c(F)c(F)c(F)c4F)C(=O)[C@@]2(Cl)[C@H]3c2ccc(OCc3ccccc3)cc2O)C(=O)N1C1CCCCC1. The lowest BCUT2D eigenvalue weighted by Crippen LogP contribution is -2.60. The molecule has 6 atom stereocenters. The van der Waals surface area contributed by atoms with Crippen LogP contribution < -0.4 is 9.64 Å². The highest BCUT2D eigenvalue weighted by Gasteiger charge is 2.77. The van der Waals surface area contributed by atoms with E-state index in [1.165, 1.54) is 23.1 Å². The topological polar surface area (TPSA) is 104 Å². The van der Waals surface area contributed by atoms with Crippen molar-refractivity contribution in [2.24, 2.45) is 17.8 Å². The molecule has 2 heterocycles. The van der Waals surface area contributed by atoms with Gasteiger partial charge < -0.3 is 9.84 Å². The molecule has 3 aliphatic carbocycles. The Morgan fingerprint density at radius 2 is 1.44 bits per heavy atom. The molecule has 8 nitrogen and oxygen atoms in total. The number of carbonyl (C=O) groups excluding carboxylic acids is 4. The molecule has 8 rings (SSSR count). The van der Waals surface area contributed by atoms with Gasteiger partial charge in [-0.25, -0.2) is 26.9 Å². The van der Waals surface area contributed by atoms with Crippen molar-refractivity contribution in [1.29, 1.82) is 0 Å². The molecule has 2 saturated carbocycles. The number of anilines is 1. The zero-order chi connectivity index (χ0) is 38.4. The van der Waals surface area contributed by atoms with Gasteiger partial charge in [0.2, 0.25) is 17.6 Å². The van der Waals surface area contributed by atoms with Gasteiger partial charge in [-0.2, -0.15) is 0 Å². The van der Waals surface area contributed by atoms with E-state index in [0.29, 0.717) is 12.8 Å². The molecule has 0 aromatic heterocycles. The minimum atomic E-state index is -2.75. The monoisotopic (exact) mass is 788 g/mol. The third-order valence-electron chi connectivity index (χ3n) is 11.8. The van der Waals surface area contributed by atoms with Gasteiger partial charge in [-0.15, -0.1) is 23.2 Å². The number of phenols is 1. The number of alkyl halides is 2. The second kappa shape index (κ2) is 13.1. The third-order valence-corrected chi connectivity index (χ3v) is 13.2. The third kappa shape index (κ3) is 5.06. The van der Waals surface area contributed by atoms with Crippen molar-refractivity contribution in [2.45, 2.75) is 73.3 Å². The Morgan fingerprint density at radius 1 is 0.796 bits per heavy atom. The van der Waals surface area contributed by atoms with Gasteiger partial charge in [-0.1, -0.05) is 67.3 Å². The number of fused-ring (bicyclic) bond motifs is 4. The molecule has 4 amide bonds. The molecule has 1 N–H and O–H groups in total. The number of likely N-dealkylation sites (tertiary alicyclic amines) is 1. The minimum Gasteiger partial charge on any atom is -0.508 e. The molecule has 3 aromatic rings. The Kier molecular flexibility index (Phi) is 8.83. The summed E-state index contributed by atoms with van der Waals surface area (Å²) in [6.07, 6.45) is 4.83. The number of aromatic hydroxyl groups is 1. The summed E-state index contributed by atoms with van der Waals surface area (Å²) in [4.78, 5) is 52.7. The molecule has 54 heavy (non-hydrogen) atoms. The van der Waals surface area contributed by atoms with Crippen LogP contribution in [0, 0.1) is 46.8 Å². The average molecular weight is 790 g/mol. The Labute approximate surface area is 315 Å². The van der Waals surface area contributed by atoms with Crippen LogP contribution in [0.5, 0.6) is 11.5 Å². The van der Waals surface area contributed by atoms with Crippen molar-refractivity contribution in [3.05, 3.63) is 100 Å². The number of hydrogen-bond donors (Lipinski definition) is 1. The molecule has 3 aromatic carbocycles. The van der Waals surface area contributed by atoms with Crippen LogP contribution in [0.2, 0.25) is 0 Å². The van der Waals surface area contributed by atoms with Gasteiger partial charge in [-0.3, -0.25) is 24.1 Å². The largest absolute Gasteiger partial charge is 0.508 e. The first kappa shape index (κ1) is 36.5. The van der Waals surface area contributed by atoms with Crippen molar-refractivity contribution in [3.63, 3.8) is 0 Å². The first-order valence-electron chi connectivity index (χ1n) is 17.6. The van der Waals surface area contributed by atoms with Crippen LogP contribution in [0.3, 0.4) is 0 Å². The highest BCUT2D eigenvalue weighted by molar-refractivity contribution is 6.58. The first-order chi connectivity index (χ1) is 25.7. The highest BCUT2D eigenvalue weighted by Crippen LogP contribution is 2.67. The number of allylic oxidation sites excluding steroid dienone is 2. The number of rotatable bonds is 6. The maximum atomic E-state index is 15.3. The summed E-state index contributed by atoms with van der Waals surface area (Å²) >= 11 is 14.4. The van der Waals surface area contributed by atoms with Crippen molar-refractivity contribution >= 4 is 52.5 Å². The maximum absolute atomic E-state index is 15.3. The first-order valence-corrected chi connectivity index (χ1v) is 18.3. The average Bonchev–Trinajstić information content (AvgIpc) is 3.51. The minimum absolute atomic E-state index is 0.0194. The molecule has 2 aliphatic heterocycles. The summed E-state index contributed by atoms with van der Waals surface area (Å²) in [7, 11) is 0. The molecule has 0 bridgehead atoms. The van der Waals surface area contributed by atoms with Gasteiger partial charge in [0, 0.05) is 23.6 Å². The fraction of sp³-hybridized carbons (Fsp3) is 0.385. The molecule has 4 fully saturated rings. The number of halogens is 7. The summed E-state index contributed by atoms with van der Waals surface area (Å²) in [5.74, 6) is -21.3. The van der Waals surface area contributed by atoms with Gasteiger partial charge in [-0.05, 0) is 43.2 Å². The van der Waals surface area contributed by atoms with Crippen LogP contribution in [0.25, 0.3) is 0 Å². The molecule has 0 unspecified atom stereocenters. The molecule has 282 valence electrons. The highest BCUT2D eigenvalue weighted by atomic mass is 35.5. The van der Waals surface area contributed by atoms with Crippen LogP contribution in [0.1, 0.15) is 62.0 Å². The van der Waals surface area contributed by atoms with E-state index in [2.05, 4.69) is 0 Å². The molecular weight excluding hydrogens is 758 g/mol. The lowest BCUT2D eigenvalue weighted by Gasteiger charge is -2.50. The van der Waals surface area contributed by atoms with E-state index < -0.39 is 104 Å². The number of phenolic OH excluding ortho intramolecular Hbond substituents is 1. The number of imide groups is 2. The van der Waals surface area contributed by atoms with Crippen LogP contribution in [0.4, 0.5) is 27.6 Å². The van der Waals surface area contributed by atoms with E-state index in [1.807, 2.05) is 30.3 Å². The Balaban J connectivity index is 1.27. The molecule has 0 radical (unpaired) electrons. The predicted octanol–water partition coefficient (Wildman–Crippen LogP) is 7.56. The zero-order valence-corrected chi connectivity index (χ0v) is 29.8. The Bertz CT molecular complexity index is 2140. The van der Waals surface area contributed by atoms with Gasteiger partial charge in [0.25, 0.3) is 11.8 Å². The lowest BCUT2D eigenvalue weighted by atomic mass is 9.56. The van der Waals surface area contributed by atoms with E-state index in [1.54, 1.807) is 6.08 Å². The smallest absolute Gasteiger partial charge is 0.258 e. The number of amides is 4. The fourth-order valence-electron chi connectivity index (χ4n) is 9.23. The molecule has 2 saturated heterocycles. The summed E-state index contributed by atoms with van der Waals surface area (Å²) in [6.45, 7) is 0.112. The van der Waals surface area contributed by atoms with Gasteiger partial charge in [0.05, 0.1) is 11.8 Å². The normalized spacial score (nSPS) is 29.6. The Hall–Kier alpha value is -4.49. The van der Waals surface area contributed by atoms with Crippen molar-refractivity contribution in [1.82, 2.24) is 4.90 Å². The van der Waals surface area contributed by atoms with Crippen LogP contribution in [-0.4, -0.2) is 49.4 Å².